The first-order valence-electron chi connectivity index (χ1n) is 8.70. The molecular formula is C18H26N4O3. The number of hydrogen-bond acceptors (Lipinski definition) is 4. The van der Waals surface area contributed by atoms with Gasteiger partial charge < -0.3 is 14.7 Å². The molecule has 0 aromatic carbocycles. The standard InChI is InChI=1S/C18H26N4O3/c1-4-5-8-20(3)18(25)16-13-15(6-7-19-16)17(24)22-11-9-21(10-12-22)14(2)23/h6-7,13H,4-5,8-12H2,1-3H3. The molecule has 7 nitrogen and oxygen atoms in total. The van der Waals surface area contributed by atoms with Crippen LogP contribution in [0.2, 0.25) is 0 Å². The molecule has 2 rings (SSSR count). The summed E-state index contributed by atoms with van der Waals surface area (Å²) in [5.41, 5.74) is 0.741. The monoisotopic (exact) mass is 346 g/mol. The number of rotatable bonds is 5. The summed E-state index contributed by atoms with van der Waals surface area (Å²) in [6.45, 7) is 6.35. The third kappa shape index (κ3) is 4.78. The van der Waals surface area contributed by atoms with Gasteiger partial charge in [-0.15, -0.1) is 0 Å². The van der Waals surface area contributed by atoms with Crippen molar-refractivity contribution in [2.45, 2.75) is 26.7 Å². The maximum absolute atomic E-state index is 12.7. The van der Waals surface area contributed by atoms with Crippen LogP contribution in [0.4, 0.5) is 0 Å². The van der Waals surface area contributed by atoms with Gasteiger partial charge in [-0.25, -0.2) is 0 Å². The zero-order valence-electron chi connectivity index (χ0n) is 15.2. The lowest BCUT2D eigenvalue weighted by Gasteiger charge is -2.34. The fraction of sp³-hybridized carbons (Fsp3) is 0.556. The van der Waals surface area contributed by atoms with E-state index in [1.807, 2.05) is 0 Å². The van der Waals surface area contributed by atoms with Crippen LogP contribution < -0.4 is 0 Å². The average Bonchev–Trinajstić information content (AvgIpc) is 2.65. The summed E-state index contributed by atoms with van der Waals surface area (Å²) in [4.78, 5) is 45.6. The van der Waals surface area contributed by atoms with Gasteiger partial charge in [-0.2, -0.15) is 0 Å². The van der Waals surface area contributed by atoms with E-state index in [2.05, 4.69) is 11.9 Å². The number of unbranched alkanes of at least 4 members (excludes halogenated alkanes) is 1. The van der Waals surface area contributed by atoms with Gasteiger partial charge in [-0.3, -0.25) is 19.4 Å². The van der Waals surface area contributed by atoms with Gasteiger partial charge in [-0.05, 0) is 18.6 Å². The van der Waals surface area contributed by atoms with Crippen molar-refractivity contribution in [1.29, 1.82) is 0 Å². The summed E-state index contributed by atoms with van der Waals surface area (Å²) in [7, 11) is 1.75. The van der Waals surface area contributed by atoms with Crippen LogP contribution in [-0.4, -0.2) is 77.2 Å². The molecule has 0 aliphatic carbocycles. The first-order valence-corrected chi connectivity index (χ1v) is 8.70. The van der Waals surface area contributed by atoms with E-state index in [9.17, 15) is 14.4 Å². The summed E-state index contributed by atoms with van der Waals surface area (Å²) < 4.78 is 0. The van der Waals surface area contributed by atoms with Crippen LogP contribution in [0.5, 0.6) is 0 Å². The number of carbonyl (C=O) groups excluding carboxylic acids is 3. The van der Waals surface area contributed by atoms with E-state index in [1.54, 1.807) is 33.9 Å². The Kier molecular flexibility index (Phi) is 6.50. The second-order valence-electron chi connectivity index (χ2n) is 6.31. The van der Waals surface area contributed by atoms with E-state index in [0.717, 1.165) is 12.8 Å². The molecule has 3 amide bonds. The molecule has 2 heterocycles. The molecule has 1 aliphatic heterocycles. The highest BCUT2D eigenvalue weighted by Gasteiger charge is 2.24. The first kappa shape index (κ1) is 18.9. The predicted molar refractivity (Wildman–Crippen MR) is 94.3 cm³/mol. The van der Waals surface area contributed by atoms with Crippen molar-refractivity contribution >= 4 is 17.7 Å². The Morgan fingerprint density at radius 3 is 2.40 bits per heavy atom. The van der Waals surface area contributed by atoms with E-state index < -0.39 is 0 Å². The molecule has 7 heteroatoms. The van der Waals surface area contributed by atoms with Crippen LogP contribution in [0.25, 0.3) is 0 Å². The number of piperazine rings is 1. The SMILES string of the molecule is CCCCN(C)C(=O)c1cc(C(=O)N2CCN(C(C)=O)CC2)ccn1. The van der Waals surface area contributed by atoms with Crippen LogP contribution in [-0.2, 0) is 4.79 Å². The Hall–Kier alpha value is -2.44. The van der Waals surface area contributed by atoms with E-state index >= 15 is 0 Å². The van der Waals surface area contributed by atoms with Crippen LogP contribution >= 0.6 is 0 Å². The molecule has 1 fully saturated rings. The second-order valence-corrected chi connectivity index (χ2v) is 6.31. The average molecular weight is 346 g/mol. The van der Waals surface area contributed by atoms with Gasteiger partial charge in [0.25, 0.3) is 11.8 Å². The van der Waals surface area contributed by atoms with Crippen molar-refractivity contribution in [3.8, 4) is 0 Å². The molecule has 0 N–H and O–H groups in total. The Morgan fingerprint density at radius 2 is 1.80 bits per heavy atom. The smallest absolute Gasteiger partial charge is 0.272 e. The molecular weight excluding hydrogens is 320 g/mol. The van der Waals surface area contributed by atoms with Crippen molar-refractivity contribution < 1.29 is 14.4 Å². The fourth-order valence-corrected chi connectivity index (χ4v) is 2.78. The molecule has 0 bridgehead atoms. The van der Waals surface area contributed by atoms with Crippen LogP contribution in [0, 0.1) is 0 Å². The second kappa shape index (κ2) is 8.60. The molecule has 1 aliphatic rings. The summed E-state index contributed by atoms with van der Waals surface area (Å²) in [6.07, 6.45) is 3.44. The quantitative estimate of drug-likeness (QED) is 0.804. The van der Waals surface area contributed by atoms with Crippen molar-refractivity contribution in [2.24, 2.45) is 0 Å². The lowest BCUT2D eigenvalue weighted by molar-refractivity contribution is -0.130. The Bertz CT molecular complexity index is 639. The van der Waals surface area contributed by atoms with Crippen LogP contribution in [0.15, 0.2) is 18.3 Å². The minimum absolute atomic E-state index is 0.0269. The number of carbonyl (C=O) groups is 3. The minimum Gasteiger partial charge on any atom is -0.340 e. The van der Waals surface area contributed by atoms with E-state index in [4.69, 9.17) is 0 Å². The first-order chi connectivity index (χ1) is 11.9. The predicted octanol–water partition coefficient (Wildman–Crippen LogP) is 1.26. The van der Waals surface area contributed by atoms with Crippen LogP contribution in [0.1, 0.15) is 47.5 Å². The van der Waals surface area contributed by atoms with Crippen molar-refractivity contribution in [3.63, 3.8) is 0 Å². The van der Waals surface area contributed by atoms with Gasteiger partial charge in [0.2, 0.25) is 5.91 Å². The van der Waals surface area contributed by atoms with Gasteiger partial charge in [-0.1, -0.05) is 13.3 Å². The van der Waals surface area contributed by atoms with E-state index in [1.165, 1.54) is 13.1 Å². The number of aromatic nitrogens is 1. The Labute approximate surface area is 148 Å². The zero-order valence-corrected chi connectivity index (χ0v) is 15.2. The lowest BCUT2D eigenvalue weighted by atomic mass is 10.1. The van der Waals surface area contributed by atoms with Gasteiger partial charge in [0.1, 0.15) is 5.69 Å². The summed E-state index contributed by atoms with van der Waals surface area (Å²) in [5.74, 6) is -0.278. The third-order valence-corrected chi connectivity index (χ3v) is 4.43. The highest BCUT2D eigenvalue weighted by atomic mass is 16.2. The highest BCUT2D eigenvalue weighted by molar-refractivity contribution is 5.98. The maximum Gasteiger partial charge on any atom is 0.272 e. The molecule has 0 unspecified atom stereocenters. The molecule has 25 heavy (non-hydrogen) atoms. The maximum atomic E-state index is 12.7. The van der Waals surface area contributed by atoms with Gasteiger partial charge in [0, 0.05) is 58.5 Å². The zero-order chi connectivity index (χ0) is 18.4. The van der Waals surface area contributed by atoms with Gasteiger partial charge in [0.05, 0.1) is 0 Å². The molecule has 0 atom stereocenters. The number of hydrogen-bond donors (Lipinski definition) is 0. The van der Waals surface area contributed by atoms with E-state index in [0.29, 0.717) is 38.3 Å². The largest absolute Gasteiger partial charge is 0.340 e. The Morgan fingerprint density at radius 1 is 1.16 bits per heavy atom. The van der Waals surface area contributed by atoms with Crippen molar-refractivity contribution in [3.05, 3.63) is 29.6 Å². The van der Waals surface area contributed by atoms with Crippen molar-refractivity contribution in [1.82, 2.24) is 19.7 Å². The minimum atomic E-state index is -0.176. The van der Waals surface area contributed by atoms with E-state index in [-0.39, 0.29) is 23.4 Å². The molecule has 0 saturated carbocycles. The summed E-state index contributed by atoms with van der Waals surface area (Å²) in [6, 6.07) is 3.19. The molecule has 0 radical (unpaired) electrons. The number of pyridine rings is 1. The third-order valence-electron chi connectivity index (χ3n) is 4.43. The highest BCUT2D eigenvalue weighted by Crippen LogP contribution is 2.11. The summed E-state index contributed by atoms with van der Waals surface area (Å²) >= 11 is 0. The van der Waals surface area contributed by atoms with Crippen molar-refractivity contribution in [2.75, 3.05) is 39.8 Å². The summed E-state index contributed by atoms with van der Waals surface area (Å²) in [5, 5.41) is 0. The number of amides is 3. The van der Waals surface area contributed by atoms with Gasteiger partial charge >= 0.3 is 0 Å². The Balaban J connectivity index is 2.04. The molecule has 1 aromatic rings. The van der Waals surface area contributed by atoms with Crippen LogP contribution in [0.3, 0.4) is 0 Å². The molecule has 136 valence electrons. The fourth-order valence-electron chi connectivity index (χ4n) is 2.78. The topological polar surface area (TPSA) is 73.8 Å². The molecule has 1 aromatic heterocycles. The molecule has 1 saturated heterocycles. The molecule has 0 spiro atoms. The lowest BCUT2D eigenvalue weighted by Crippen LogP contribution is -2.50. The van der Waals surface area contributed by atoms with Gasteiger partial charge in [0.15, 0.2) is 0 Å². The number of nitrogens with zero attached hydrogens (tertiary/aromatic N) is 4. The normalized spacial score (nSPS) is 14.4.